The van der Waals surface area contributed by atoms with Crippen LogP contribution >= 0.6 is 0 Å². The average Bonchev–Trinajstić information content (AvgIpc) is 3.44. The van der Waals surface area contributed by atoms with Gasteiger partial charge in [-0.3, -0.25) is 4.79 Å². The third kappa shape index (κ3) is 3.32. The first-order chi connectivity index (χ1) is 15.7. The zero-order valence-corrected chi connectivity index (χ0v) is 17.7. The number of carbonyl (C=O) groups excluding carboxylic acids is 1. The summed E-state index contributed by atoms with van der Waals surface area (Å²) in [5, 5.41) is 9.36. The summed E-state index contributed by atoms with van der Waals surface area (Å²) in [5.74, 6) is 1.26. The molecule has 0 spiro atoms. The van der Waals surface area contributed by atoms with Crippen molar-refractivity contribution in [3.63, 3.8) is 0 Å². The molecule has 1 aliphatic heterocycles. The zero-order chi connectivity index (χ0) is 21.7. The number of aromatic nitrogens is 3. The lowest BCUT2D eigenvalue weighted by Crippen LogP contribution is -2.30. The molecule has 2 aliphatic rings. The molecule has 1 unspecified atom stereocenters. The van der Waals surface area contributed by atoms with E-state index in [-0.39, 0.29) is 23.4 Å². The van der Waals surface area contributed by atoms with Crippen molar-refractivity contribution in [2.75, 3.05) is 13.1 Å². The Morgan fingerprint density at radius 1 is 0.906 bits per heavy atom. The number of H-pyrrole nitrogens is 1. The molecule has 1 atom stereocenters. The van der Waals surface area contributed by atoms with Gasteiger partial charge in [-0.1, -0.05) is 48.5 Å². The minimum Gasteiger partial charge on any atom is -0.342 e. The fourth-order valence-electron chi connectivity index (χ4n) is 4.76. The second-order valence-corrected chi connectivity index (χ2v) is 8.88. The van der Waals surface area contributed by atoms with Gasteiger partial charge in [-0.25, -0.2) is 14.5 Å². The van der Waals surface area contributed by atoms with Gasteiger partial charge >= 0.3 is 5.69 Å². The molecule has 4 aromatic rings. The lowest BCUT2D eigenvalue weighted by molar-refractivity contribution is -0.131. The lowest BCUT2D eigenvalue weighted by atomic mass is 10.0. The molecule has 0 bridgehead atoms. The molecule has 1 aliphatic carbocycles. The predicted octanol–water partition coefficient (Wildman–Crippen LogP) is 4.11. The van der Waals surface area contributed by atoms with Gasteiger partial charge in [0.05, 0.1) is 5.69 Å². The van der Waals surface area contributed by atoms with Crippen LogP contribution in [0.2, 0.25) is 0 Å². The van der Waals surface area contributed by atoms with E-state index in [1.165, 1.54) is 10.8 Å². The highest BCUT2D eigenvalue weighted by Gasteiger charge is 2.38. The largest absolute Gasteiger partial charge is 0.347 e. The molecule has 1 aromatic heterocycles. The minimum absolute atomic E-state index is 0.0665. The van der Waals surface area contributed by atoms with Crippen LogP contribution in [0.3, 0.4) is 0 Å². The van der Waals surface area contributed by atoms with Crippen LogP contribution in [-0.4, -0.2) is 38.7 Å². The zero-order valence-electron chi connectivity index (χ0n) is 17.7. The maximum Gasteiger partial charge on any atom is 0.347 e. The second-order valence-electron chi connectivity index (χ2n) is 8.88. The number of nitrogens with zero attached hydrogens (tertiary/aromatic N) is 3. The molecule has 3 aromatic carbocycles. The molecular weight excluding hydrogens is 400 g/mol. The molecule has 1 saturated carbocycles. The molecule has 2 fully saturated rings. The van der Waals surface area contributed by atoms with E-state index in [1.807, 2.05) is 41.3 Å². The van der Waals surface area contributed by atoms with E-state index in [0.717, 1.165) is 42.6 Å². The molecule has 6 rings (SSSR count). The van der Waals surface area contributed by atoms with Crippen molar-refractivity contribution in [3.8, 4) is 16.8 Å². The summed E-state index contributed by atoms with van der Waals surface area (Å²) in [6, 6.07) is 22.8. The van der Waals surface area contributed by atoms with E-state index < -0.39 is 0 Å². The van der Waals surface area contributed by atoms with Gasteiger partial charge in [-0.15, -0.1) is 0 Å². The quantitative estimate of drug-likeness (QED) is 0.536. The normalized spacial score (nSPS) is 18.4. The van der Waals surface area contributed by atoms with Gasteiger partial charge in [-0.05, 0) is 59.4 Å². The number of nitrogens with one attached hydrogen (secondary N) is 1. The summed E-state index contributed by atoms with van der Waals surface area (Å²) in [4.78, 5) is 27.0. The fraction of sp³-hybridized carbons (Fsp3) is 0.269. The molecule has 1 N–H and O–H groups in total. The summed E-state index contributed by atoms with van der Waals surface area (Å²) in [7, 11) is 0. The maximum absolute atomic E-state index is 12.6. The Hall–Kier alpha value is -3.67. The highest BCUT2D eigenvalue weighted by Crippen LogP contribution is 2.35. The van der Waals surface area contributed by atoms with E-state index in [2.05, 4.69) is 40.5 Å². The van der Waals surface area contributed by atoms with Gasteiger partial charge in [0.1, 0.15) is 5.82 Å². The number of aromatic amines is 1. The van der Waals surface area contributed by atoms with Crippen molar-refractivity contribution in [2.24, 2.45) is 5.92 Å². The fourth-order valence-corrected chi connectivity index (χ4v) is 4.76. The average molecular weight is 425 g/mol. The van der Waals surface area contributed by atoms with E-state index in [0.29, 0.717) is 12.4 Å². The van der Waals surface area contributed by atoms with Crippen LogP contribution in [0.5, 0.6) is 0 Å². The number of fused-ring (bicyclic) bond motifs is 1. The SMILES string of the molecule is O=C(C1CC1)N1CCC(c2n[nH]c(=O)n2-c2ccc(-c3ccc4ccccc4c3)cc2)C1. The molecule has 2 heterocycles. The van der Waals surface area contributed by atoms with Crippen LogP contribution in [0.15, 0.2) is 71.5 Å². The topological polar surface area (TPSA) is 71.0 Å². The van der Waals surface area contributed by atoms with Gasteiger partial charge in [0, 0.05) is 24.9 Å². The van der Waals surface area contributed by atoms with Gasteiger partial charge < -0.3 is 4.90 Å². The van der Waals surface area contributed by atoms with Crippen molar-refractivity contribution < 1.29 is 4.79 Å². The summed E-state index contributed by atoms with van der Waals surface area (Å²) in [6.07, 6.45) is 2.85. The van der Waals surface area contributed by atoms with Crippen molar-refractivity contribution in [1.82, 2.24) is 19.7 Å². The van der Waals surface area contributed by atoms with Crippen LogP contribution in [0.25, 0.3) is 27.6 Å². The van der Waals surface area contributed by atoms with Crippen LogP contribution in [0.4, 0.5) is 0 Å². The molecule has 32 heavy (non-hydrogen) atoms. The predicted molar refractivity (Wildman–Crippen MR) is 124 cm³/mol. The molecule has 1 saturated heterocycles. The Labute approximate surface area is 185 Å². The summed E-state index contributed by atoms with van der Waals surface area (Å²) >= 11 is 0. The van der Waals surface area contributed by atoms with Crippen LogP contribution in [0, 0.1) is 5.92 Å². The lowest BCUT2D eigenvalue weighted by Gasteiger charge is -2.16. The summed E-state index contributed by atoms with van der Waals surface area (Å²) in [6.45, 7) is 1.37. The number of hydrogen-bond donors (Lipinski definition) is 1. The van der Waals surface area contributed by atoms with Crippen molar-refractivity contribution >= 4 is 16.7 Å². The number of carbonyl (C=O) groups is 1. The Morgan fingerprint density at radius 3 is 2.44 bits per heavy atom. The standard InChI is InChI=1S/C26H24N4O2/c31-25(19-6-7-19)29-14-13-22(16-29)24-27-28-26(32)30(24)23-11-9-18(10-12-23)21-8-5-17-3-1-2-4-20(17)15-21/h1-5,8-12,15,19,22H,6-7,13-14,16H2,(H,28,32). The number of rotatable bonds is 4. The van der Waals surface area contributed by atoms with Crippen LogP contribution < -0.4 is 5.69 Å². The monoisotopic (exact) mass is 424 g/mol. The van der Waals surface area contributed by atoms with Crippen LogP contribution in [0.1, 0.15) is 31.0 Å². The van der Waals surface area contributed by atoms with Crippen LogP contribution in [-0.2, 0) is 4.79 Å². The first-order valence-electron chi connectivity index (χ1n) is 11.2. The Bertz CT molecular complexity index is 1360. The van der Waals surface area contributed by atoms with E-state index >= 15 is 0 Å². The highest BCUT2D eigenvalue weighted by atomic mass is 16.2. The van der Waals surface area contributed by atoms with Gasteiger partial charge in [0.15, 0.2) is 0 Å². The van der Waals surface area contributed by atoms with Crippen molar-refractivity contribution in [1.29, 1.82) is 0 Å². The summed E-state index contributed by atoms with van der Waals surface area (Å²) < 4.78 is 1.65. The molecule has 1 amide bonds. The van der Waals surface area contributed by atoms with Crippen molar-refractivity contribution in [2.45, 2.75) is 25.2 Å². The van der Waals surface area contributed by atoms with E-state index in [1.54, 1.807) is 4.57 Å². The number of hydrogen-bond acceptors (Lipinski definition) is 3. The molecular formula is C26H24N4O2. The smallest absolute Gasteiger partial charge is 0.342 e. The van der Waals surface area contributed by atoms with E-state index in [9.17, 15) is 9.59 Å². The highest BCUT2D eigenvalue weighted by molar-refractivity contribution is 5.87. The van der Waals surface area contributed by atoms with Gasteiger partial charge in [0.2, 0.25) is 5.91 Å². The Balaban J connectivity index is 1.28. The van der Waals surface area contributed by atoms with Crippen molar-refractivity contribution in [3.05, 3.63) is 83.0 Å². The number of amides is 1. The summed E-state index contributed by atoms with van der Waals surface area (Å²) in [5.41, 5.74) is 2.78. The molecule has 6 nitrogen and oxygen atoms in total. The molecule has 0 radical (unpaired) electrons. The second kappa shape index (κ2) is 7.48. The van der Waals surface area contributed by atoms with Gasteiger partial charge in [0.25, 0.3) is 0 Å². The first-order valence-corrected chi connectivity index (χ1v) is 11.2. The molecule has 6 heteroatoms. The maximum atomic E-state index is 12.6. The third-order valence-corrected chi connectivity index (χ3v) is 6.70. The number of benzene rings is 3. The van der Waals surface area contributed by atoms with Gasteiger partial charge in [-0.2, -0.15) is 5.10 Å². The molecule has 160 valence electrons. The van der Waals surface area contributed by atoms with E-state index in [4.69, 9.17) is 0 Å². The minimum atomic E-state index is -0.245. The third-order valence-electron chi connectivity index (χ3n) is 6.70. The Morgan fingerprint density at radius 2 is 1.66 bits per heavy atom. The first kappa shape index (κ1) is 19.0. The number of likely N-dealkylation sites (tertiary alicyclic amines) is 1. The Kier molecular flexibility index (Phi) is 4.45.